The number of rotatable bonds is 7. The molecule has 186 valence electrons. The summed E-state index contributed by atoms with van der Waals surface area (Å²) in [6.45, 7) is 8.96. The monoisotopic (exact) mass is 494 g/mol. The lowest BCUT2D eigenvalue weighted by atomic mass is 10.1. The highest BCUT2D eigenvalue weighted by Crippen LogP contribution is 2.32. The summed E-state index contributed by atoms with van der Waals surface area (Å²) in [6, 6.07) is 14.3. The van der Waals surface area contributed by atoms with Crippen LogP contribution < -0.4 is 15.8 Å². The van der Waals surface area contributed by atoms with Crippen molar-refractivity contribution in [1.29, 1.82) is 0 Å². The van der Waals surface area contributed by atoms with E-state index >= 15 is 0 Å². The SMILES string of the molecule is C[C@@H](Nc1cnc(N2CCCCC2)n(CC(=O)OC(C)(C)C)c1=O)c1ccc(-c2ccccc2)s1. The molecule has 0 amide bonds. The van der Waals surface area contributed by atoms with Gasteiger partial charge >= 0.3 is 5.97 Å². The third-order valence-electron chi connectivity index (χ3n) is 5.86. The zero-order valence-corrected chi connectivity index (χ0v) is 21.7. The van der Waals surface area contributed by atoms with E-state index in [1.54, 1.807) is 17.5 Å². The molecule has 0 bridgehead atoms. The van der Waals surface area contributed by atoms with Gasteiger partial charge in [0.05, 0.1) is 12.2 Å². The Balaban J connectivity index is 1.59. The van der Waals surface area contributed by atoms with Crippen molar-refractivity contribution in [1.82, 2.24) is 9.55 Å². The molecule has 3 aromatic rings. The molecule has 1 atom stereocenters. The maximum Gasteiger partial charge on any atom is 0.326 e. The fourth-order valence-corrected chi connectivity index (χ4v) is 5.24. The smallest absolute Gasteiger partial charge is 0.326 e. The second-order valence-corrected chi connectivity index (χ2v) is 11.0. The summed E-state index contributed by atoms with van der Waals surface area (Å²) in [5, 5.41) is 3.33. The van der Waals surface area contributed by atoms with Crippen LogP contribution in [0.4, 0.5) is 11.6 Å². The number of hydrogen-bond donors (Lipinski definition) is 1. The average molecular weight is 495 g/mol. The van der Waals surface area contributed by atoms with E-state index in [1.807, 2.05) is 45.9 Å². The van der Waals surface area contributed by atoms with Gasteiger partial charge in [0.1, 0.15) is 17.8 Å². The first-order valence-electron chi connectivity index (χ1n) is 12.2. The molecule has 2 aromatic heterocycles. The number of esters is 1. The Morgan fingerprint density at radius 1 is 1.11 bits per heavy atom. The summed E-state index contributed by atoms with van der Waals surface area (Å²) in [7, 11) is 0. The van der Waals surface area contributed by atoms with Gasteiger partial charge in [-0.15, -0.1) is 11.3 Å². The van der Waals surface area contributed by atoms with Crippen LogP contribution in [0.3, 0.4) is 0 Å². The summed E-state index contributed by atoms with van der Waals surface area (Å²) >= 11 is 1.69. The van der Waals surface area contributed by atoms with Crippen molar-refractivity contribution in [3.05, 3.63) is 63.9 Å². The number of anilines is 2. The number of ether oxygens (including phenoxy) is 1. The van der Waals surface area contributed by atoms with Crippen molar-refractivity contribution in [3.63, 3.8) is 0 Å². The van der Waals surface area contributed by atoms with Crippen LogP contribution in [0.2, 0.25) is 0 Å². The summed E-state index contributed by atoms with van der Waals surface area (Å²) in [4.78, 5) is 35.2. The zero-order chi connectivity index (χ0) is 25.0. The van der Waals surface area contributed by atoms with Gasteiger partial charge in [0.2, 0.25) is 5.95 Å². The topological polar surface area (TPSA) is 76.5 Å². The lowest BCUT2D eigenvalue weighted by molar-refractivity contribution is -0.155. The Morgan fingerprint density at radius 2 is 1.83 bits per heavy atom. The molecule has 1 fully saturated rings. The largest absolute Gasteiger partial charge is 0.459 e. The van der Waals surface area contributed by atoms with Crippen molar-refractivity contribution in [3.8, 4) is 10.4 Å². The van der Waals surface area contributed by atoms with E-state index in [9.17, 15) is 9.59 Å². The molecule has 0 radical (unpaired) electrons. The number of nitrogens with one attached hydrogen (secondary N) is 1. The van der Waals surface area contributed by atoms with Crippen LogP contribution in [0, 0.1) is 0 Å². The lowest BCUT2D eigenvalue weighted by Gasteiger charge is -2.30. The summed E-state index contributed by atoms with van der Waals surface area (Å²) in [5.41, 5.74) is 0.650. The quantitative estimate of drug-likeness (QED) is 0.439. The number of carbonyl (C=O) groups is 1. The number of benzene rings is 1. The Kier molecular flexibility index (Phi) is 7.60. The molecule has 0 unspecified atom stereocenters. The Hall–Kier alpha value is -3.13. The van der Waals surface area contributed by atoms with Crippen LogP contribution >= 0.6 is 11.3 Å². The highest BCUT2D eigenvalue weighted by Gasteiger charge is 2.23. The van der Waals surface area contributed by atoms with E-state index < -0.39 is 11.6 Å². The molecule has 0 saturated carbocycles. The maximum atomic E-state index is 13.6. The second kappa shape index (κ2) is 10.6. The van der Waals surface area contributed by atoms with Crippen LogP contribution in [0.15, 0.2) is 53.5 Å². The summed E-state index contributed by atoms with van der Waals surface area (Å²) in [6.07, 6.45) is 4.85. The standard InChI is InChI=1S/C27H34N4O3S/c1-19(22-13-14-23(35-22)20-11-7-5-8-12-20)29-21-17-28-26(30-15-9-6-10-16-30)31(25(21)33)18-24(32)34-27(2,3)4/h5,7-8,11-14,17,19,29H,6,9-10,15-16,18H2,1-4H3/t19-/m1/s1. The number of carbonyl (C=O) groups excluding carboxylic acids is 1. The molecule has 3 heterocycles. The normalized spacial score (nSPS) is 15.0. The maximum absolute atomic E-state index is 13.6. The fraction of sp³-hybridized carbons (Fsp3) is 0.444. The molecule has 7 nitrogen and oxygen atoms in total. The van der Waals surface area contributed by atoms with Crippen LogP contribution in [0.25, 0.3) is 10.4 Å². The molecule has 1 aliphatic heterocycles. The number of aromatic nitrogens is 2. The van der Waals surface area contributed by atoms with E-state index in [4.69, 9.17) is 4.74 Å². The second-order valence-electron chi connectivity index (χ2n) is 9.93. The van der Waals surface area contributed by atoms with Crippen LogP contribution in [0.5, 0.6) is 0 Å². The third kappa shape index (κ3) is 6.31. The van der Waals surface area contributed by atoms with Crippen LogP contribution in [0.1, 0.15) is 57.9 Å². The first-order valence-corrected chi connectivity index (χ1v) is 13.0. The van der Waals surface area contributed by atoms with Crippen molar-refractivity contribution in [2.24, 2.45) is 0 Å². The molecule has 1 N–H and O–H groups in total. The Morgan fingerprint density at radius 3 is 2.51 bits per heavy atom. The highest BCUT2D eigenvalue weighted by molar-refractivity contribution is 7.15. The summed E-state index contributed by atoms with van der Waals surface area (Å²) < 4.78 is 6.97. The van der Waals surface area contributed by atoms with Gasteiger partial charge in [-0.1, -0.05) is 30.3 Å². The van der Waals surface area contributed by atoms with Gasteiger partial charge in [-0.3, -0.25) is 14.2 Å². The van der Waals surface area contributed by atoms with Gasteiger partial charge in [0.25, 0.3) is 5.56 Å². The fourth-order valence-electron chi connectivity index (χ4n) is 4.22. The van der Waals surface area contributed by atoms with Crippen LogP contribution in [-0.4, -0.2) is 34.2 Å². The van der Waals surface area contributed by atoms with Crippen molar-refractivity contribution >= 4 is 28.9 Å². The lowest BCUT2D eigenvalue weighted by Crippen LogP contribution is -2.39. The minimum absolute atomic E-state index is 0.0947. The predicted molar refractivity (Wildman–Crippen MR) is 142 cm³/mol. The van der Waals surface area contributed by atoms with Crippen molar-refractivity contribution in [2.45, 2.75) is 65.1 Å². The zero-order valence-electron chi connectivity index (χ0n) is 20.9. The average Bonchev–Trinajstić information content (AvgIpc) is 3.32. The van der Waals surface area contributed by atoms with Gasteiger partial charge < -0.3 is 15.0 Å². The predicted octanol–water partition coefficient (Wildman–Crippen LogP) is 5.48. The first-order chi connectivity index (χ1) is 16.7. The molecule has 1 aromatic carbocycles. The van der Waals surface area contributed by atoms with Crippen molar-refractivity contribution < 1.29 is 9.53 Å². The number of piperidine rings is 1. The molecule has 35 heavy (non-hydrogen) atoms. The number of hydrogen-bond acceptors (Lipinski definition) is 7. The van der Waals surface area contributed by atoms with Gasteiger partial charge in [0.15, 0.2) is 0 Å². The third-order valence-corrected chi connectivity index (χ3v) is 7.17. The van der Waals surface area contributed by atoms with Gasteiger partial charge in [-0.05, 0) is 64.7 Å². The minimum atomic E-state index is -0.626. The highest BCUT2D eigenvalue weighted by atomic mass is 32.1. The minimum Gasteiger partial charge on any atom is -0.459 e. The van der Waals surface area contributed by atoms with E-state index in [0.29, 0.717) is 11.6 Å². The van der Waals surface area contributed by atoms with Gasteiger partial charge in [-0.25, -0.2) is 4.98 Å². The molecular formula is C27H34N4O3S. The first kappa shape index (κ1) is 25.0. The molecule has 1 aliphatic rings. The Labute approximate surface area is 210 Å². The van der Waals surface area contributed by atoms with E-state index in [2.05, 4.69) is 39.5 Å². The molecule has 0 aliphatic carbocycles. The number of thiophene rings is 1. The summed E-state index contributed by atoms with van der Waals surface area (Å²) in [5.74, 6) is 0.0804. The van der Waals surface area contributed by atoms with Gasteiger partial charge in [0, 0.05) is 22.8 Å². The molecule has 8 heteroatoms. The van der Waals surface area contributed by atoms with Crippen LogP contribution in [-0.2, 0) is 16.1 Å². The molecular weight excluding hydrogens is 460 g/mol. The molecule has 0 spiro atoms. The van der Waals surface area contributed by atoms with E-state index in [-0.39, 0.29) is 18.1 Å². The van der Waals surface area contributed by atoms with E-state index in [1.165, 1.54) is 15.0 Å². The van der Waals surface area contributed by atoms with E-state index in [0.717, 1.165) is 37.2 Å². The Bertz CT molecular complexity index is 1210. The number of nitrogens with zero attached hydrogens (tertiary/aromatic N) is 3. The van der Waals surface area contributed by atoms with Gasteiger partial charge in [-0.2, -0.15) is 0 Å². The molecule has 4 rings (SSSR count). The molecule has 1 saturated heterocycles. The van der Waals surface area contributed by atoms with Crippen molar-refractivity contribution in [2.75, 3.05) is 23.3 Å².